The number of anilines is 1. The van der Waals surface area contributed by atoms with Crippen molar-refractivity contribution in [3.05, 3.63) is 65.2 Å². The lowest BCUT2D eigenvalue weighted by Crippen LogP contribution is -2.21. The number of nitrogens with one attached hydrogen (secondary N) is 1. The monoisotopic (exact) mass is 311 g/mol. The summed E-state index contributed by atoms with van der Waals surface area (Å²) in [6, 6.07) is 14.6. The maximum absolute atomic E-state index is 12.0. The molecule has 0 aliphatic rings. The zero-order valence-electron chi connectivity index (χ0n) is 13.6. The zero-order valence-corrected chi connectivity index (χ0v) is 13.6. The molecule has 0 heterocycles. The lowest BCUT2D eigenvalue weighted by Gasteiger charge is -2.13. The van der Waals surface area contributed by atoms with E-state index in [1.807, 2.05) is 43.3 Å². The molecule has 0 unspecified atom stereocenters. The summed E-state index contributed by atoms with van der Waals surface area (Å²) in [6.07, 6.45) is 0. The average molecular weight is 311 g/mol. The highest BCUT2D eigenvalue weighted by Crippen LogP contribution is 2.23. The Bertz CT molecular complexity index is 690. The van der Waals surface area contributed by atoms with Crippen molar-refractivity contribution >= 4 is 17.6 Å². The minimum atomic E-state index is -0.503. The number of ether oxygens (including phenoxy) is 1. The Morgan fingerprint density at radius 1 is 1.04 bits per heavy atom. The quantitative estimate of drug-likeness (QED) is 0.852. The first kappa shape index (κ1) is 16.7. The minimum Gasteiger partial charge on any atom is -0.452 e. The average Bonchev–Trinajstić information content (AvgIpc) is 2.53. The molecule has 0 aromatic heterocycles. The highest BCUT2D eigenvalue weighted by atomic mass is 16.5. The first-order chi connectivity index (χ1) is 11.0. The van der Waals surface area contributed by atoms with Gasteiger partial charge in [-0.05, 0) is 36.6 Å². The van der Waals surface area contributed by atoms with Crippen molar-refractivity contribution in [2.75, 3.05) is 11.9 Å². The number of para-hydroxylation sites is 1. The summed E-state index contributed by atoms with van der Waals surface area (Å²) in [4.78, 5) is 23.9. The SMILES string of the molecule is Cc1ccc(C(=O)OCC(=O)Nc2ccccc2C(C)C)cc1. The molecule has 23 heavy (non-hydrogen) atoms. The van der Waals surface area contributed by atoms with Crippen LogP contribution in [0, 0.1) is 6.92 Å². The van der Waals surface area contributed by atoms with Gasteiger partial charge in [0.05, 0.1) is 5.56 Å². The fraction of sp³-hybridized carbons (Fsp3) is 0.263. The summed E-state index contributed by atoms with van der Waals surface area (Å²) in [5, 5.41) is 2.79. The molecule has 0 atom stereocenters. The maximum atomic E-state index is 12.0. The van der Waals surface area contributed by atoms with Crippen LogP contribution in [0.5, 0.6) is 0 Å². The lowest BCUT2D eigenvalue weighted by molar-refractivity contribution is -0.119. The van der Waals surface area contributed by atoms with Crippen molar-refractivity contribution in [3.8, 4) is 0 Å². The molecule has 120 valence electrons. The molecule has 1 N–H and O–H groups in total. The van der Waals surface area contributed by atoms with E-state index in [1.165, 1.54) is 0 Å². The van der Waals surface area contributed by atoms with Crippen LogP contribution in [-0.4, -0.2) is 18.5 Å². The second-order valence-corrected chi connectivity index (χ2v) is 5.73. The molecule has 4 heteroatoms. The van der Waals surface area contributed by atoms with Crippen LogP contribution in [-0.2, 0) is 9.53 Å². The summed E-state index contributed by atoms with van der Waals surface area (Å²) in [7, 11) is 0. The van der Waals surface area contributed by atoms with Crippen LogP contribution in [0.2, 0.25) is 0 Å². The first-order valence-electron chi connectivity index (χ1n) is 7.60. The largest absolute Gasteiger partial charge is 0.452 e. The highest BCUT2D eigenvalue weighted by molar-refractivity contribution is 5.96. The molecule has 0 fully saturated rings. The van der Waals surface area contributed by atoms with E-state index in [4.69, 9.17) is 4.74 Å². The number of carbonyl (C=O) groups excluding carboxylic acids is 2. The van der Waals surface area contributed by atoms with E-state index < -0.39 is 5.97 Å². The van der Waals surface area contributed by atoms with E-state index in [2.05, 4.69) is 19.2 Å². The lowest BCUT2D eigenvalue weighted by atomic mass is 10.0. The van der Waals surface area contributed by atoms with Crippen LogP contribution >= 0.6 is 0 Å². The van der Waals surface area contributed by atoms with Crippen molar-refractivity contribution in [2.24, 2.45) is 0 Å². The number of carbonyl (C=O) groups is 2. The zero-order chi connectivity index (χ0) is 16.8. The molecular formula is C19H21NO3. The van der Waals surface area contributed by atoms with Crippen LogP contribution in [0.25, 0.3) is 0 Å². The number of hydrogen-bond acceptors (Lipinski definition) is 3. The topological polar surface area (TPSA) is 55.4 Å². The van der Waals surface area contributed by atoms with Crippen LogP contribution in [0.15, 0.2) is 48.5 Å². The van der Waals surface area contributed by atoms with Crippen molar-refractivity contribution < 1.29 is 14.3 Å². The molecule has 2 aromatic rings. The highest BCUT2D eigenvalue weighted by Gasteiger charge is 2.12. The molecule has 0 aliphatic carbocycles. The van der Waals surface area contributed by atoms with Crippen molar-refractivity contribution in [2.45, 2.75) is 26.7 Å². The minimum absolute atomic E-state index is 0.293. The van der Waals surface area contributed by atoms with Crippen molar-refractivity contribution in [1.29, 1.82) is 0 Å². The molecule has 1 amide bonds. The number of aryl methyl sites for hydroxylation is 1. The molecule has 4 nitrogen and oxygen atoms in total. The van der Waals surface area contributed by atoms with Crippen LogP contribution < -0.4 is 5.32 Å². The normalized spacial score (nSPS) is 10.4. The van der Waals surface area contributed by atoms with Gasteiger partial charge in [0.15, 0.2) is 6.61 Å². The van der Waals surface area contributed by atoms with Gasteiger partial charge >= 0.3 is 5.97 Å². The number of rotatable bonds is 5. The van der Waals surface area contributed by atoms with Gasteiger partial charge in [-0.15, -0.1) is 0 Å². The van der Waals surface area contributed by atoms with Crippen molar-refractivity contribution in [3.63, 3.8) is 0 Å². The third kappa shape index (κ3) is 4.68. The Morgan fingerprint density at radius 2 is 1.70 bits per heavy atom. The number of benzene rings is 2. The molecule has 0 bridgehead atoms. The molecule has 0 saturated heterocycles. The number of amides is 1. The van der Waals surface area contributed by atoms with Gasteiger partial charge in [-0.1, -0.05) is 49.7 Å². The molecule has 0 spiro atoms. The van der Waals surface area contributed by atoms with Crippen molar-refractivity contribution in [1.82, 2.24) is 0 Å². The second-order valence-electron chi connectivity index (χ2n) is 5.73. The Kier molecular flexibility index (Phi) is 5.52. The summed E-state index contributed by atoms with van der Waals surface area (Å²) >= 11 is 0. The number of hydrogen-bond donors (Lipinski definition) is 1. The standard InChI is InChI=1S/C19H21NO3/c1-13(2)16-6-4-5-7-17(16)20-18(21)12-23-19(22)15-10-8-14(3)9-11-15/h4-11,13H,12H2,1-3H3,(H,20,21). The van der Waals surface area contributed by atoms with Gasteiger partial charge in [0.1, 0.15) is 0 Å². The van der Waals surface area contributed by atoms with E-state index >= 15 is 0 Å². The fourth-order valence-electron chi connectivity index (χ4n) is 2.20. The Labute approximate surface area is 136 Å². The number of esters is 1. The molecular weight excluding hydrogens is 290 g/mol. The van der Waals surface area contributed by atoms with Gasteiger partial charge in [-0.25, -0.2) is 4.79 Å². The summed E-state index contributed by atoms with van der Waals surface area (Å²) < 4.78 is 5.05. The van der Waals surface area contributed by atoms with Gasteiger partial charge in [0.2, 0.25) is 0 Å². The van der Waals surface area contributed by atoms with Crippen LogP contribution in [0.3, 0.4) is 0 Å². The van der Waals surface area contributed by atoms with E-state index in [1.54, 1.807) is 12.1 Å². The van der Waals surface area contributed by atoms with Gasteiger partial charge < -0.3 is 10.1 Å². The third-order valence-electron chi connectivity index (χ3n) is 3.48. The maximum Gasteiger partial charge on any atom is 0.338 e. The van der Waals surface area contributed by atoms with Gasteiger partial charge in [-0.3, -0.25) is 4.79 Å². The van der Waals surface area contributed by atoms with E-state index in [-0.39, 0.29) is 12.5 Å². The Morgan fingerprint density at radius 3 is 2.35 bits per heavy atom. The second kappa shape index (κ2) is 7.58. The fourth-order valence-corrected chi connectivity index (χ4v) is 2.20. The first-order valence-corrected chi connectivity index (χ1v) is 7.60. The molecule has 2 aromatic carbocycles. The van der Waals surface area contributed by atoms with Crippen LogP contribution in [0.4, 0.5) is 5.69 Å². The molecule has 2 rings (SSSR count). The summed E-state index contributed by atoms with van der Waals surface area (Å²) in [5.74, 6) is -0.558. The predicted molar refractivity (Wildman–Crippen MR) is 90.6 cm³/mol. The Balaban J connectivity index is 1.93. The van der Waals surface area contributed by atoms with Crippen LogP contribution in [0.1, 0.15) is 41.3 Å². The summed E-state index contributed by atoms with van der Waals surface area (Å²) in [6.45, 7) is 5.75. The van der Waals surface area contributed by atoms with Gasteiger partial charge in [0, 0.05) is 5.69 Å². The summed E-state index contributed by atoms with van der Waals surface area (Å²) in [5.41, 5.74) is 3.29. The molecule has 0 aliphatic heterocycles. The van der Waals surface area contributed by atoms with Gasteiger partial charge in [0.25, 0.3) is 5.91 Å². The van der Waals surface area contributed by atoms with E-state index in [9.17, 15) is 9.59 Å². The van der Waals surface area contributed by atoms with E-state index in [0.717, 1.165) is 16.8 Å². The molecule has 0 radical (unpaired) electrons. The Hall–Kier alpha value is -2.62. The third-order valence-corrected chi connectivity index (χ3v) is 3.48. The van der Waals surface area contributed by atoms with Gasteiger partial charge in [-0.2, -0.15) is 0 Å². The smallest absolute Gasteiger partial charge is 0.338 e. The van der Waals surface area contributed by atoms with E-state index in [0.29, 0.717) is 11.5 Å². The molecule has 0 saturated carbocycles. The predicted octanol–water partition coefficient (Wildman–Crippen LogP) is 3.91.